The van der Waals surface area contributed by atoms with Gasteiger partial charge in [0.25, 0.3) is 0 Å². The highest BCUT2D eigenvalue weighted by Gasteiger charge is 2.77. The number of hydrogen-bond donors (Lipinski definition) is 1. The number of morpholine rings is 1. The fourth-order valence-corrected chi connectivity index (χ4v) is 9.86. The number of rotatable bonds is 16. The maximum Gasteiger partial charge on any atom is 0.247 e. The molecule has 41 heavy (non-hydrogen) atoms. The number of likely N-dealkylation sites (tertiary alicyclic amines) is 1. The SMILES string of the molecule is C=CCN(CCN1CCOCC1)C(=O)C1N(CCCCCO)C(=O)[C@@H]2[C@H](C(=O)N(CC=C)CCC)[C@]3(C)CCC12S3. The quantitative estimate of drug-likeness (QED) is 0.218. The highest BCUT2D eigenvalue weighted by Crippen LogP contribution is 2.71. The summed E-state index contributed by atoms with van der Waals surface area (Å²) in [6, 6.07) is -0.609. The summed E-state index contributed by atoms with van der Waals surface area (Å²) in [5.41, 5.74) is 0. The molecule has 0 saturated carbocycles. The summed E-state index contributed by atoms with van der Waals surface area (Å²) >= 11 is 1.74. The van der Waals surface area contributed by atoms with Crippen LogP contribution in [0.15, 0.2) is 25.3 Å². The molecule has 0 aliphatic carbocycles. The van der Waals surface area contributed by atoms with Crippen molar-refractivity contribution < 1.29 is 24.2 Å². The lowest BCUT2D eigenvalue weighted by atomic mass is 9.66. The Morgan fingerprint density at radius 1 is 1.05 bits per heavy atom. The van der Waals surface area contributed by atoms with Crippen molar-refractivity contribution in [2.45, 2.75) is 67.9 Å². The number of carbonyl (C=O) groups excluding carboxylic acids is 3. The fraction of sp³-hybridized carbons (Fsp3) is 0.774. The third-order valence-electron chi connectivity index (χ3n) is 9.44. The molecule has 4 aliphatic heterocycles. The van der Waals surface area contributed by atoms with Crippen molar-refractivity contribution in [3.63, 3.8) is 0 Å². The molecule has 9 nitrogen and oxygen atoms in total. The first-order valence-electron chi connectivity index (χ1n) is 15.5. The van der Waals surface area contributed by atoms with Gasteiger partial charge in [0.2, 0.25) is 17.7 Å². The minimum absolute atomic E-state index is 0.0188. The average molecular weight is 591 g/mol. The molecule has 4 aliphatic rings. The van der Waals surface area contributed by atoms with Crippen molar-refractivity contribution in [1.29, 1.82) is 0 Å². The lowest BCUT2D eigenvalue weighted by Crippen LogP contribution is -2.56. The highest BCUT2D eigenvalue weighted by molar-refractivity contribution is 8.02. The van der Waals surface area contributed by atoms with Gasteiger partial charge in [-0.15, -0.1) is 24.9 Å². The maximum atomic E-state index is 14.6. The van der Waals surface area contributed by atoms with E-state index in [0.717, 1.165) is 45.3 Å². The normalized spacial score (nSPS) is 30.9. The van der Waals surface area contributed by atoms with Crippen LogP contribution in [0.1, 0.15) is 52.4 Å². The number of aliphatic hydroxyl groups is 1. The van der Waals surface area contributed by atoms with Crippen molar-refractivity contribution in [3.05, 3.63) is 25.3 Å². The first kappa shape index (κ1) is 32.0. The molecule has 0 aromatic heterocycles. The Morgan fingerprint density at radius 3 is 2.37 bits per heavy atom. The molecule has 0 aromatic rings. The zero-order valence-electron chi connectivity index (χ0n) is 25.1. The molecular formula is C31H50N4O5S. The second kappa shape index (κ2) is 14.1. The van der Waals surface area contributed by atoms with Gasteiger partial charge in [0.15, 0.2) is 0 Å². The van der Waals surface area contributed by atoms with Gasteiger partial charge in [-0.25, -0.2) is 0 Å². The second-order valence-corrected chi connectivity index (χ2v) is 14.0. The standard InChI is InChI=1S/C31H50N4O5S/c1-5-13-33(14-6-2)27(37)24-25-28(38)35(16-9-8-10-21-36)26(31(25)12-11-30(24,4)41-31)29(39)34(15-7-3)18-17-32-19-22-40-23-20-32/h5,7,24-26,36H,1,3,6,8-23H2,2,4H3/t24-,25+,26?,30+,31?/m1/s1. The lowest BCUT2D eigenvalue weighted by Gasteiger charge is -2.38. The van der Waals surface area contributed by atoms with Gasteiger partial charge < -0.3 is 24.5 Å². The summed E-state index contributed by atoms with van der Waals surface area (Å²) in [6.45, 7) is 18.4. The van der Waals surface area contributed by atoms with E-state index in [1.165, 1.54) is 0 Å². The van der Waals surface area contributed by atoms with E-state index in [1.54, 1.807) is 23.9 Å². The van der Waals surface area contributed by atoms with Crippen LogP contribution in [0.2, 0.25) is 0 Å². The molecule has 0 aromatic carbocycles. The summed E-state index contributed by atoms with van der Waals surface area (Å²) in [5, 5.41) is 9.31. The second-order valence-electron chi connectivity index (χ2n) is 12.1. The molecule has 0 radical (unpaired) electrons. The largest absolute Gasteiger partial charge is 0.396 e. The topological polar surface area (TPSA) is 93.6 Å². The van der Waals surface area contributed by atoms with Crippen LogP contribution >= 0.6 is 11.8 Å². The van der Waals surface area contributed by atoms with E-state index in [0.29, 0.717) is 58.8 Å². The number of nitrogens with zero attached hydrogens (tertiary/aromatic N) is 4. The summed E-state index contributed by atoms with van der Waals surface area (Å²) in [5.74, 6) is -1.04. The Hall–Kier alpha value is -1.88. The average Bonchev–Trinajstić information content (AvgIpc) is 3.53. The predicted molar refractivity (Wildman–Crippen MR) is 162 cm³/mol. The van der Waals surface area contributed by atoms with Crippen LogP contribution in [0.3, 0.4) is 0 Å². The third-order valence-corrected chi connectivity index (χ3v) is 11.4. The molecule has 3 amide bonds. The molecule has 10 heteroatoms. The minimum atomic E-state index is -0.620. The highest BCUT2D eigenvalue weighted by atomic mass is 32.2. The van der Waals surface area contributed by atoms with Gasteiger partial charge in [0, 0.05) is 63.7 Å². The Morgan fingerprint density at radius 2 is 1.73 bits per heavy atom. The van der Waals surface area contributed by atoms with E-state index in [2.05, 4.69) is 31.9 Å². The van der Waals surface area contributed by atoms with Gasteiger partial charge in [-0.3, -0.25) is 19.3 Å². The molecule has 4 fully saturated rings. The van der Waals surface area contributed by atoms with Crippen molar-refractivity contribution in [2.75, 3.05) is 72.2 Å². The molecule has 5 atom stereocenters. The summed E-state index contributed by atoms with van der Waals surface area (Å²) in [7, 11) is 0. The number of thioether (sulfide) groups is 1. The molecular weight excluding hydrogens is 540 g/mol. The van der Waals surface area contributed by atoms with E-state index in [1.807, 2.05) is 14.7 Å². The van der Waals surface area contributed by atoms with Crippen LogP contribution in [0.5, 0.6) is 0 Å². The van der Waals surface area contributed by atoms with Gasteiger partial charge >= 0.3 is 0 Å². The van der Waals surface area contributed by atoms with E-state index in [-0.39, 0.29) is 29.1 Å². The molecule has 2 bridgehead atoms. The Bertz CT molecular complexity index is 974. The number of aliphatic hydroxyl groups excluding tert-OH is 1. The van der Waals surface area contributed by atoms with Crippen LogP contribution in [0.25, 0.3) is 0 Å². The number of fused-ring (bicyclic) bond motifs is 1. The molecule has 4 saturated heterocycles. The number of unbranched alkanes of at least 4 members (excludes halogenated alkanes) is 2. The fourth-order valence-electron chi connectivity index (χ4n) is 7.51. The summed E-state index contributed by atoms with van der Waals surface area (Å²) < 4.78 is 4.49. The van der Waals surface area contributed by atoms with E-state index >= 15 is 0 Å². The Balaban J connectivity index is 1.66. The molecule has 1 N–H and O–H groups in total. The van der Waals surface area contributed by atoms with Crippen molar-refractivity contribution >= 4 is 29.5 Å². The number of amides is 3. The van der Waals surface area contributed by atoms with Gasteiger partial charge in [-0.05, 0) is 45.4 Å². The summed E-state index contributed by atoms with van der Waals surface area (Å²) in [4.78, 5) is 50.9. The zero-order chi connectivity index (χ0) is 29.6. The van der Waals surface area contributed by atoms with Crippen LogP contribution < -0.4 is 0 Å². The van der Waals surface area contributed by atoms with Crippen molar-refractivity contribution in [2.24, 2.45) is 11.8 Å². The number of carbonyl (C=O) groups is 3. The van der Waals surface area contributed by atoms with Crippen LogP contribution in [-0.4, -0.2) is 130 Å². The van der Waals surface area contributed by atoms with Gasteiger partial charge in [0.1, 0.15) is 6.04 Å². The predicted octanol–water partition coefficient (Wildman–Crippen LogP) is 2.40. The zero-order valence-corrected chi connectivity index (χ0v) is 25.9. The van der Waals surface area contributed by atoms with Crippen molar-refractivity contribution in [3.8, 4) is 0 Å². The molecule has 4 heterocycles. The third kappa shape index (κ3) is 6.26. The Kier molecular flexibility index (Phi) is 11.0. The smallest absolute Gasteiger partial charge is 0.247 e. The molecule has 4 rings (SSSR count). The van der Waals surface area contributed by atoms with Crippen LogP contribution in [-0.2, 0) is 19.1 Å². The maximum absolute atomic E-state index is 14.6. The summed E-state index contributed by atoms with van der Waals surface area (Å²) in [6.07, 6.45) is 8.07. The van der Waals surface area contributed by atoms with E-state index in [4.69, 9.17) is 4.74 Å². The number of ether oxygens (including phenoxy) is 1. The first-order valence-corrected chi connectivity index (χ1v) is 16.3. The molecule has 230 valence electrons. The van der Waals surface area contributed by atoms with E-state index < -0.39 is 22.6 Å². The molecule has 2 unspecified atom stereocenters. The van der Waals surface area contributed by atoms with Gasteiger partial charge in [0.05, 0.1) is 29.8 Å². The Labute approximate surface area is 250 Å². The molecule has 1 spiro atoms. The van der Waals surface area contributed by atoms with Crippen molar-refractivity contribution in [1.82, 2.24) is 19.6 Å². The monoisotopic (exact) mass is 590 g/mol. The van der Waals surface area contributed by atoms with Gasteiger partial charge in [-0.1, -0.05) is 19.1 Å². The van der Waals surface area contributed by atoms with Crippen LogP contribution in [0.4, 0.5) is 0 Å². The first-order chi connectivity index (χ1) is 19.8. The van der Waals surface area contributed by atoms with E-state index in [9.17, 15) is 19.5 Å². The van der Waals surface area contributed by atoms with Gasteiger partial charge in [-0.2, -0.15) is 0 Å². The van der Waals surface area contributed by atoms with Crippen LogP contribution in [0, 0.1) is 11.8 Å². The minimum Gasteiger partial charge on any atom is -0.396 e. The number of hydrogen-bond acceptors (Lipinski definition) is 7. The lowest BCUT2D eigenvalue weighted by molar-refractivity contribution is -0.145.